The van der Waals surface area contributed by atoms with Gasteiger partial charge in [-0.1, -0.05) is 13.3 Å². The van der Waals surface area contributed by atoms with Crippen LogP contribution < -0.4 is 0 Å². The maximum Gasteiger partial charge on any atom is 0.141 e. The van der Waals surface area contributed by atoms with Crippen molar-refractivity contribution < 1.29 is 0 Å². The Morgan fingerprint density at radius 1 is 1.43 bits per heavy atom. The number of aromatic amines is 1. The Morgan fingerprint density at radius 3 is 3.14 bits per heavy atom. The highest BCUT2D eigenvalue weighted by Gasteiger charge is 2.14. The van der Waals surface area contributed by atoms with E-state index in [2.05, 4.69) is 33.0 Å². The molecule has 3 aromatic heterocycles. The molecule has 0 saturated carbocycles. The summed E-state index contributed by atoms with van der Waals surface area (Å²) in [7, 11) is 0. The maximum atomic E-state index is 8.95. The fourth-order valence-corrected chi connectivity index (χ4v) is 2.53. The van der Waals surface area contributed by atoms with Crippen LogP contribution in [-0.4, -0.2) is 24.7 Å². The van der Waals surface area contributed by atoms with Crippen LogP contribution in [0.15, 0.2) is 31.0 Å². The number of H-pyrrole nitrogens is 1. The second kappa shape index (κ2) is 5.75. The Morgan fingerprint density at radius 2 is 2.33 bits per heavy atom. The van der Waals surface area contributed by atoms with Crippen molar-refractivity contribution >= 4 is 11.0 Å². The molecule has 1 unspecified atom stereocenters. The van der Waals surface area contributed by atoms with Crippen LogP contribution >= 0.6 is 0 Å². The van der Waals surface area contributed by atoms with Crippen molar-refractivity contribution in [3.8, 4) is 17.3 Å². The van der Waals surface area contributed by atoms with E-state index in [9.17, 15) is 0 Å². The first-order valence-corrected chi connectivity index (χ1v) is 7.03. The third-order valence-corrected chi connectivity index (χ3v) is 3.55. The van der Waals surface area contributed by atoms with Gasteiger partial charge < -0.3 is 4.98 Å². The van der Waals surface area contributed by atoms with Crippen molar-refractivity contribution in [1.29, 1.82) is 5.26 Å². The van der Waals surface area contributed by atoms with Crippen molar-refractivity contribution in [2.24, 2.45) is 0 Å². The lowest BCUT2D eigenvalue weighted by Gasteiger charge is -2.12. The van der Waals surface area contributed by atoms with Gasteiger partial charge in [0.15, 0.2) is 0 Å². The highest BCUT2D eigenvalue weighted by atomic mass is 15.3. The summed E-state index contributed by atoms with van der Waals surface area (Å²) >= 11 is 0. The highest BCUT2D eigenvalue weighted by Crippen LogP contribution is 2.26. The van der Waals surface area contributed by atoms with Gasteiger partial charge in [0.1, 0.15) is 12.0 Å². The zero-order chi connectivity index (χ0) is 14.7. The van der Waals surface area contributed by atoms with E-state index in [1.165, 1.54) is 0 Å². The van der Waals surface area contributed by atoms with Crippen molar-refractivity contribution in [2.45, 2.75) is 32.2 Å². The van der Waals surface area contributed by atoms with Crippen LogP contribution in [0.1, 0.15) is 32.2 Å². The van der Waals surface area contributed by atoms with Gasteiger partial charge in [0.25, 0.3) is 0 Å². The molecule has 0 aliphatic heterocycles. The molecule has 0 saturated heterocycles. The predicted octanol–water partition coefficient (Wildman–Crippen LogP) is 3.08. The van der Waals surface area contributed by atoms with Crippen LogP contribution in [0.4, 0.5) is 0 Å². The Kier molecular flexibility index (Phi) is 3.65. The monoisotopic (exact) mass is 280 g/mol. The van der Waals surface area contributed by atoms with E-state index in [1.807, 2.05) is 23.1 Å². The molecule has 3 heterocycles. The van der Waals surface area contributed by atoms with Crippen LogP contribution in [0.5, 0.6) is 0 Å². The average Bonchev–Trinajstić information content (AvgIpc) is 3.15. The summed E-state index contributed by atoms with van der Waals surface area (Å²) in [6.45, 7) is 2.11. The minimum atomic E-state index is 0.123. The molecule has 21 heavy (non-hydrogen) atoms. The van der Waals surface area contributed by atoms with Crippen molar-refractivity contribution in [3.05, 3.63) is 31.0 Å². The number of aromatic nitrogens is 5. The Labute approximate surface area is 122 Å². The minimum absolute atomic E-state index is 0.123. The quantitative estimate of drug-likeness (QED) is 0.778. The molecule has 0 fully saturated rings. The second-order valence-electron chi connectivity index (χ2n) is 4.98. The van der Waals surface area contributed by atoms with Gasteiger partial charge in [-0.3, -0.25) is 4.68 Å². The molecule has 106 valence electrons. The van der Waals surface area contributed by atoms with E-state index in [4.69, 9.17) is 5.26 Å². The largest absolute Gasteiger partial charge is 0.346 e. The first-order valence-electron chi connectivity index (χ1n) is 7.03. The molecule has 0 radical (unpaired) electrons. The zero-order valence-corrected chi connectivity index (χ0v) is 11.8. The highest BCUT2D eigenvalue weighted by molar-refractivity contribution is 5.89. The summed E-state index contributed by atoms with van der Waals surface area (Å²) < 4.78 is 1.88. The predicted molar refractivity (Wildman–Crippen MR) is 79.3 cm³/mol. The number of nitrogens with one attached hydrogen (secondary N) is 1. The number of hydrogen-bond donors (Lipinski definition) is 1. The SMILES string of the molecule is CCCC(CC#N)n1cc(-c2ncnc3[nH]ccc23)cn1. The summed E-state index contributed by atoms with van der Waals surface area (Å²) in [4.78, 5) is 11.6. The molecule has 3 rings (SSSR count). The average molecular weight is 280 g/mol. The van der Waals surface area contributed by atoms with E-state index in [1.54, 1.807) is 12.5 Å². The minimum Gasteiger partial charge on any atom is -0.346 e. The maximum absolute atomic E-state index is 8.95. The fraction of sp³-hybridized carbons (Fsp3) is 0.333. The van der Waals surface area contributed by atoms with Gasteiger partial charge >= 0.3 is 0 Å². The lowest BCUT2D eigenvalue weighted by molar-refractivity contribution is 0.428. The first-order chi connectivity index (χ1) is 10.3. The molecule has 3 aromatic rings. The van der Waals surface area contributed by atoms with Gasteiger partial charge in [-0.2, -0.15) is 10.4 Å². The molecule has 0 aliphatic carbocycles. The molecular weight excluding hydrogens is 264 g/mol. The van der Waals surface area contributed by atoms with Crippen LogP contribution in [0, 0.1) is 11.3 Å². The molecule has 6 nitrogen and oxygen atoms in total. The van der Waals surface area contributed by atoms with Crippen LogP contribution in [0.3, 0.4) is 0 Å². The third kappa shape index (κ3) is 2.50. The van der Waals surface area contributed by atoms with Crippen LogP contribution in [0.2, 0.25) is 0 Å². The summed E-state index contributed by atoms with van der Waals surface area (Å²) in [5, 5.41) is 14.3. The topological polar surface area (TPSA) is 83.2 Å². The van der Waals surface area contributed by atoms with Crippen LogP contribution in [-0.2, 0) is 0 Å². The molecular formula is C15H16N6. The van der Waals surface area contributed by atoms with E-state index in [0.29, 0.717) is 6.42 Å². The number of hydrogen-bond acceptors (Lipinski definition) is 4. The Balaban J connectivity index is 1.98. The molecule has 0 amide bonds. The van der Waals surface area contributed by atoms with Crippen molar-refractivity contribution in [2.75, 3.05) is 0 Å². The molecule has 1 N–H and O–H groups in total. The van der Waals surface area contributed by atoms with E-state index in [-0.39, 0.29) is 6.04 Å². The number of nitrogens with zero attached hydrogens (tertiary/aromatic N) is 5. The molecule has 0 bridgehead atoms. The smallest absolute Gasteiger partial charge is 0.141 e. The van der Waals surface area contributed by atoms with E-state index in [0.717, 1.165) is 35.1 Å². The van der Waals surface area contributed by atoms with E-state index >= 15 is 0 Å². The molecule has 0 aliphatic rings. The molecule has 6 heteroatoms. The Hall–Kier alpha value is -2.68. The van der Waals surface area contributed by atoms with Crippen molar-refractivity contribution in [1.82, 2.24) is 24.7 Å². The van der Waals surface area contributed by atoms with Gasteiger partial charge in [-0.05, 0) is 12.5 Å². The number of nitriles is 1. The van der Waals surface area contributed by atoms with Gasteiger partial charge in [0.2, 0.25) is 0 Å². The lowest BCUT2D eigenvalue weighted by Crippen LogP contribution is -2.08. The summed E-state index contributed by atoms with van der Waals surface area (Å²) in [5.74, 6) is 0. The normalized spacial score (nSPS) is 12.4. The second-order valence-corrected chi connectivity index (χ2v) is 4.98. The van der Waals surface area contributed by atoms with E-state index < -0.39 is 0 Å². The summed E-state index contributed by atoms with van der Waals surface area (Å²) in [5.41, 5.74) is 2.62. The van der Waals surface area contributed by atoms with Crippen LogP contribution in [0.25, 0.3) is 22.3 Å². The molecule has 0 aromatic carbocycles. The Bertz CT molecular complexity index is 779. The van der Waals surface area contributed by atoms with Gasteiger partial charge in [0.05, 0.1) is 30.4 Å². The van der Waals surface area contributed by atoms with Gasteiger partial charge in [-0.25, -0.2) is 9.97 Å². The third-order valence-electron chi connectivity index (χ3n) is 3.55. The fourth-order valence-electron chi connectivity index (χ4n) is 2.53. The number of fused-ring (bicyclic) bond motifs is 1. The number of rotatable bonds is 5. The van der Waals surface area contributed by atoms with Gasteiger partial charge in [0, 0.05) is 23.3 Å². The summed E-state index contributed by atoms with van der Waals surface area (Å²) in [6, 6.07) is 4.32. The summed E-state index contributed by atoms with van der Waals surface area (Å²) in [6.07, 6.45) is 9.60. The lowest BCUT2D eigenvalue weighted by atomic mass is 10.1. The molecule has 0 spiro atoms. The zero-order valence-electron chi connectivity index (χ0n) is 11.8. The molecule has 1 atom stereocenters. The van der Waals surface area contributed by atoms with Crippen molar-refractivity contribution in [3.63, 3.8) is 0 Å². The first kappa shape index (κ1) is 13.3. The van der Waals surface area contributed by atoms with Gasteiger partial charge in [-0.15, -0.1) is 0 Å². The standard InChI is InChI=1S/C15H16N6/c1-2-3-12(4-6-16)21-9-11(8-20-21)14-13-5-7-17-15(13)19-10-18-14/h5,7-10,12H,2-4H2,1H3,(H,17,18,19).